The van der Waals surface area contributed by atoms with Crippen LogP contribution in [-0.2, 0) is 9.59 Å². The standard InChI is InChI=1S/C22H29Cl2N3O3/c23-19-6-4-17(15-20(19)24)5-7-21(29)27-12-8-22(30)26(13-14-27)11-2-10-25-9-1-3-18(28)16-25/h4-7,15,18,28H,1-3,8-14,16H2/t18-/m0/s1. The first kappa shape index (κ1) is 23.1. The van der Waals surface area contributed by atoms with Crippen molar-refractivity contribution in [2.24, 2.45) is 0 Å². The molecule has 164 valence electrons. The van der Waals surface area contributed by atoms with Crippen LogP contribution in [0.5, 0.6) is 0 Å². The van der Waals surface area contributed by atoms with Crippen LogP contribution in [0.2, 0.25) is 10.0 Å². The van der Waals surface area contributed by atoms with Gasteiger partial charge in [0.15, 0.2) is 0 Å². The summed E-state index contributed by atoms with van der Waals surface area (Å²) in [7, 11) is 0. The number of carbonyl (C=O) groups is 2. The van der Waals surface area contributed by atoms with Gasteiger partial charge in [-0.2, -0.15) is 0 Å². The molecule has 0 aromatic heterocycles. The normalized spacial score (nSPS) is 21.3. The molecule has 1 N–H and O–H groups in total. The SMILES string of the molecule is O=C(C=Cc1ccc(Cl)c(Cl)c1)N1CCC(=O)N(CCCN2CCC[C@H](O)C2)CC1. The van der Waals surface area contributed by atoms with Gasteiger partial charge in [-0.25, -0.2) is 0 Å². The second kappa shape index (κ2) is 11.1. The summed E-state index contributed by atoms with van der Waals surface area (Å²) in [5.41, 5.74) is 0.799. The number of benzene rings is 1. The highest BCUT2D eigenvalue weighted by molar-refractivity contribution is 6.42. The monoisotopic (exact) mass is 453 g/mol. The number of amides is 2. The molecule has 1 aromatic carbocycles. The van der Waals surface area contributed by atoms with Crippen LogP contribution in [0.25, 0.3) is 6.08 Å². The molecule has 2 fully saturated rings. The third-order valence-electron chi connectivity index (χ3n) is 5.64. The maximum atomic E-state index is 12.6. The summed E-state index contributed by atoms with van der Waals surface area (Å²) < 4.78 is 0. The van der Waals surface area contributed by atoms with Crippen molar-refractivity contribution in [2.75, 3.05) is 45.8 Å². The van der Waals surface area contributed by atoms with Crippen LogP contribution in [0.3, 0.4) is 0 Å². The van der Waals surface area contributed by atoms with Crippen LogP contribution in [0, 0.1) is 0 Å². The number of aliphatic hydroxyl groups is 1. The lowest BCUT2D eigenvalue weighted by Gasteiger charge is -2.30. The lowest BCUT2D eigenvalue weighted by Crippen LogP contribution is -2.40. The second-order valence-corrected chi connectivity index (χ2v) is 8.73. The van der Waals surface area contributed by atoms with Crippen LogP contribution in [-0.4, -0.2) is 83.5 Å². The molecular weight excluding hydrogens is 425 g/mol. The van der Waals surface area contributed by atoms with E-state index in [-0.39, 0.29) is 17.9 Å². The molecule has 1 aromatic rings. The fourth-order valence-corrected chi connectivity index (χ4v) is 4.24. The zero-order chi connectivity index (χ0) is 21.5. The highest BCUT2D eigenvalue weighted by Crippen LogP contribution is 2.23. The summed E-state index contributed by atoms with van der Waals surface area (Å²) in [6.07, 6.45) is 6.12. The number of piperidine rings is 1. The third kappa shape index (κ3) is 6.71. The van der Waals surface area contributed by atoms with Crippen molar-refractivity contribution in [1.82, 2.24) is 14.7 Å². The van der Waals surface area contributed by atoms with Crippen LogP contribution in [0.1, 0.15) is 31.2 Å². The Morgan fingerprint density at radius 3 is 2.73 bits per heavy atom. The van der Waals surface area contributed by atoms with Gasteiger partial charge in [-0.1, -0.05) is 29.3 Å². The van der Waals surface area contributed by atoms with Gasteiger partial charge >= 0.3 is 0 Å². The van der Waals surface area contributed by atoms with E-state index in [1.807, 2.05) is 4.90 Å². The number of rotatable bonds is 6. The van der Waals surface area contributed by atoms with Crippen molar-refractivity contribution in [1.29, 1.82) is 0 Å². The summed E-state index contributed by atoms with van der Waals surface area (Å²) in [5, 5.41) is 10.7. The number of nitrogens with zero attached hydrogens (tertiary/aromatic N) is 3. The van der Waals surface area contributed by atoms with Crippen molar-refractivity contribution < 1.29 is 14.7 Å². The predicted molar refractivity (Wildman–Crippen MR) is 120 cm³/mol. The maximum Gasteiger partial charge on any atom is 0.246 e. The first-order valence-electron chi connectivity index (χ1n) is 10.5. The Hall–Kier alpha value is -1.60. The molecule has 2 aliphatic heterocycles. The van der Waals surface area contributed by atoms with E-state index in [1.54, 1.807) is 29.2 Å². The van der Waals surface area contributed by atoms with E-state index in [1.165, 1.54) is 6.08 Å². The van der Waals surface area contributed by atoms with Gasteiger partial charge in [0, 0.05) is 45.2 Å². The Morgan fingerprint density at radius 1 is 1.13 bits per heavy atom. The lowest BCUT2D eigenvalue weighted by atomic mass is 10.1. The number of β-amino-alcohol motifs (C(OH)–C–C–N with tert-alkyl or cyclic N) is 1. The molecule has 30 heavy (non-hydrogen) atoms. The van der Waals surface area contributed by atoms with E-state index in [9.17, 15) is 14.7 Å². The minimum absolute atomic E-state index is 0.0949. The molecule has 0 bridgehead atoms. The van der Waals surface area contributed by atoms with E-state index in [0.29, 0.717) is 42.6 Å². The first-order valence-corrected chi connectivity index (χ1v) is 11.3. The fraction of sp³-hybridized carbons (Fsp3) is 0.545. The van der Waals surface area contributed by atoms with Gasteiger partial charge in [-0.15, -0.1) is 0 Å². The number of likely N-dealkylation sites (tertiary alicyclic amines) is 1. The predicted octanol–water partition coefficient (Wildman–Crippen LogP) is 2.91. The Morgan fingerprint density at radius 2 is 1.97 bits per heavy atom. The number of carbonyl (C=O) groups excluding carboxylic acids is 2. The molecule has 0 spiro atoms. The summed E-state index contributed by atoms with van der Waals surface area (Å²) in [5.74, 6) is -0.0181. The van der Waals surface area contributed by atoms with Crippen LogP contribution in [0.4, 0.5) is 0 Å². The molecular formula is C22H29Cl2N3O3. The average molecular weight is 454 g/mol. The van der Waals surface area contributed by atoms with Crippen LogP contribution >= 0.6 is 23.2 Å². The van der Waals surface area contributed by atoms with E-state index in [0.717, 1.165) is 44.5 Å². The number of halogens is 2. The number of hydrogen-bond donors (Lipinski definition) is 1. The van der Waals surface area contributed by atoms with Crippen molar-refractivity contribution >= 4 is 41.1 Å². The Labute approximate surface area is 188 Å². The summed E-state index contributed by atoms with van der Waals surface area (Å²) in [6.45, 7) is 4.81. The summed E-state index contributed by atoms with van der Waals surface area (Å²) in [6, 6.07) is 5.21. The highest BCUT2D eigenvalue weighted by atomic mass is 35.5. The van der Waals surface area contributed by atoms with E-state index < -0.39 is 0 Å². The molecule has 8 heteroatoms. The van der Waals surface area contributed by atoms with Gasteiger partial charge in [-0.3, -0.25) is 9.59 Å². The molecule has 2 amide bonds. The van der Waals surface area contributed by atoms with Crippen LogP contribution in [0.15, 0.2) is 24.3 Å². The van der Waals surface area contributed by atoms with Gasteiger partial charge in [0.1, 0.15) is 0 Å². The molecule has 1 atom stereocenters. The summed E-state index contributed by atoms with van der Waals surface area (Å²) in [4.78, 5) is 30.9. The molecule has 6 nitrogen and oxygen atoms in total. The molecule has 0 unspecified atom stereocenters. The van der Waals surface area contributed by atoms with E-state index in [2.05, 4.69) is 4.90 Å². The quantitative estimate of drug-likeness (QED) is 0.672. The number of hydrogen-bond acceptors (Lipinski definition) is 4. The van der Waals surface area contributed by atoms with Gasteiger partial charge in [0.05, 0.1) is 16.1 Å². The largest absolute Gasteiger partial charge is 0.392 e. The van der Waals surface area contributed by atoms with E-state index >= 15 is 0 Å². The van der Waals surface area contributed by atoms with E-state index in [4.69, 9.17) is 23.2 Å². The summed E-state index contributed by atoms with van der Waals surface area (Å²) >= 11 is 11.9. The Bertz CT molecular complexity index is 787. The van der Waals surface area contributed by atoms with Crippen molar-refractivity contribution in [2.45, 2.75) is 31.8 Å². The Balaban J connectivity index is 1.46. The molecule has 0 radical (unpaired) electrons. The van der Waals surface area contributed by atoms with Crippen molar-refractivity contribution in [3.05, 3.63) is 39.9 Å². The lowest BCUT2D eigenvalue weighted by molar-refractivity contribution is -0.130. The van der Waals surface area contributed by atoms with Gasteiger partial charge in [0.25, 0.3) is 0 Å². The average Bonchev–Trinajstić information content (AvgIpc) is 2.91. The van der Waals surface area contributed by atoms with Crippen molar-refractivity contribution in [3.63, 3.8) is 0 Å². The van der Waals surface area contributed by atoms with Gasteiger partial charge in [0.2, 0.25) is 11.8 Å². The van der Waals surface area contributed by atoms with Gasteiger partial charge in [-0.05, 0) is 56.1 Å². The molecule has 0 saturated carbocycles. The topological polar surface area (TPSA) is 64.1 Å². The fourth-order valence-electron chi connectivity index (χ4n) is 3.93. The third-order valence-corrected chi connectivity index (χ3v) is 6.38. The molecule has 2 aliphatic rings. The second-order valence-electron chi connectivity index (χ2n) is 7.91. The zero-order valence-electron chi connectivity index (χ0n) is 17.1. The number of aliphatic hydroxyl groups excluding tert-OH is 1. The zero-order valence-corrected chi connectivity index (χ0v) is 18.6. The first-order chi connectivity index (χ1) is 14.4. The molecule has 2 saturated heterocycles. The highest BCUT2D eigenvalue weighted by Gasteiger charge is 2.23. The molecule has 0 aliphatic carbocycles. The molecule has 2 heterocycles. The minimum atomic E-state index is -0.227. The molecule has 3 rings (SSSR count). The Kier molecular flexibility index (Phi) is 8.57. The maximum absolute atomic E-state index is 12.6. The minimum Gasteiger partial charge on any atom is -0.392 e. The van der Waals surface area contributed by atoms with Crippen LogP contribution < -0.4 is 0 Å². The smallest absolute Gasteiger partial charge is 0.246 e. The van der Waals surface area contributed by atoms with Gasteiger partial charge < -0.3 is 19.8 Å². The van der Waals surface area contributed by atoms with Crippen molar-refractivity contribution in [3.8, 4) is 0 Å².